The van der Waals surface area contributed by atoms with Crippen LogP contribution in [0.5, 0.6) is 5.75 Å². The second-order valence-electron chi connectivity index (χ2n) is 7.80. The third-order valence-corrected chi connectivity index (χ3v) is 5.36. The number of ether oxygens (including phenoxy) is 1. The zero-order valence-electron chi connectivity index (χ0n) is 19.3. The number of benzene rings is 2. The summed E-state index contributed by atoms with van der Waals surface area (Å²) in [6.07, 6.45) is 2.32. The number of methoxy groups -OCH3 is 1. The number of aliphatic imine (C=N–C) groups is 1. The van der Waals surface area contributed by atoms with Crippen LogP contribution in [0.25, 0.3) is 0 Å². The zero-order valence-corrected chi connectivity index (χ0v) is 19.3. The van der Waals surface area contributed by atoms with Gasteiger partial charge in [-0.25, -0.2) is 10.2 Å². The molecular formula is C24H30FN6O3+. The summed E-state index contributed by atoms with van der Waals surface area (Å²) >= 11 is 0. The standard InChI is InChI=1S/C24H29FN6O3/c1-3-15-4-6-16(7-5-15)22(21-13-29-21)30-24(33)20(26)14-31(27)11-10-28-23(32)18-12-17(34-2)8-9-19(18)25/h4-9,12,14,22H,3,10-11,13,26-27H2,1-2H3,(H,28,32)(H,30,33)/p+1/b20-14-. The number of amides is 2. The number of halogens is 1. The Morgan fingerprint density at radius 3 is 2.62 bits per heavy atom. The van der Waals surface area contributed by atoms with Crippen LogP contribution >= 0.6 is 0 Å². The number of hydrogen-bond acceptors (Lipinski definition) is 6. The lowest BCUT2D eigenvalue weighted by atomic mass is 10.0. The Morgan fingerprint density at radius 2 is 2.00 bits per heavy atom. The lowest BCUT2D eigenvalue weighted by Crippen LogP contribution is -2.56. The normalized spacial score (nSPS) is 13.6. The molecule has 34 heavy (non-hydrogen) atoms. The molecule has 1 aliphatic heterocycles. The minimum Gasteiger partial charge on any atom is -0.497 e. The van der Waals surface area contributed by atoms with Gasteiger partial charge in [-0.2, -0.15) is 0 Å². The van der Waals surface area contributed by atoms with Crippen LogP contribution in [-0.2, 0) is 11.2 Å². The first-order valence-electron chi connectivity index (χ1n) is 10.9. The molecule has 2 amide bonds. The maximum atomic E-state index is 13.9. The highest BCUT2D eigenvalue weighted by atomic mass is 19.1. The number of aryl methyl sites for hydroxylation is 1. The van der Waals surface area contributed by atoms with Crippen molar-refractivity contribution in [1.82, 2.24) is 15.6 Å². The van der Waals surface area contributed by atoms with Crippen LogP contribution < -0.4 is 26.9 Å². The molecule has 180 valence electrons. The van der Waals surface area contributed by atoms with Crippen LogP contribution in [0.15, 0.2) is 59.4 Å². The molecule has 0 aliphatic carbocycles. The molecule has 10 heteroatoms. The fraction of sp³-hybridized carbons (Fsp3) is 0.292. The van der Waals surface area contributed by atoms with Crippen molar-refractivity contribution < 1.29 is 24.5 Å². The predicted octanol–water partition coefficient (Wildman–Crippen LogP) is 0.698. The number of carbonyl (C=O) groups excluding carboxylic acids is 2. The molecule has 9 nitrogen and oxygen atoms in total. The number of rotatable bonds is 11. The van der Waals surface area contributed by atoms with Gasteiger partial charge in [0.1, 0.15) is 11.6 Å². The van der Waals surface area contributed by atoms with E-state index in [0.717, 1.165) is 23.8 Å². The molecule has 2 aromatic carbocycles. The van der Waals surface area contributed by atoms with E-state index in [9.17, 15) is 14.0 Å². The molecule has 0 bridgehead atoms. The molecule has 0 saturated carbocycles. The van der Waals surface area contributed by atoms with E-state index in [1.54, 1.807) is 0 Å². The first-order chi connectivity index (χ1) is 16.3. The lowest BCUT2D eigenvalue weighted by Gasteiger charge is -2.17. The third-order valence-electron chi connectivity index (χ3n) is 5.36. The van der Waals surface area contributed by atoms with Crippen molar-refractivity contribution in [1.29, 1.82) is 0 Å². The van der Waals surface area contributed by atoms with Crippen LogP contribution in [-0.4, -0.2) is 49.3 Å². The van der Waals surface area contributed by atoms with Crippen molar-refractivity contribution in [3.05, 3.63) is 76.9 Å². The zero-order chi connectivity index (χ0) is 24.7. The highest BCUT2D eigenvalue weighted by Crippen LogP contribution is 2.21. The summed E-state index contributed by atoms with van der Waals surface area (Å²) in [6.45, 7) is 3.01. The number of hydrazine groups is 1. The number of carbonyl (C=O) groups is 2. The molecule has 0 saturated heterocycles. The molecule has 1 unspecified atom stereocenters. The van der Waals surface area contributed by atoms with E-state index < -0.39 is 11.7 Å². The highest BCUT2D eigenvalue weighted by Gasteiger charge is 2.27. The fourth-order valence-corrected chi connectivity index (χ4v) is 3.28. The quantitative estimate of drug-likeness (QED) is 0.218. The molecule has 0 aromatic heterocycles. The van der Waals surface area contributed by atoms with Gasteiger partial charge in [0.25, 0.3) is 5.91 Å². The Morgan fingerprint density at radius 1 is 1.29 bits per heavy atom. The average molecular weight is 470 g/mol. The maximum absolute atomic E-state index is 13.9. The summed E-state index contributed by atoms with van der Waals surface area (Å²) in [5, 5.41) is 6.77. The van der Waals surface area contributed by atoms with Gasteiger partial charge in [-0.15, -0.1) is 0 Å². The van der Waals surface area contributed by atoms with E-state index in [-0.39, 0.29) is 36.3 Å². The Balaban J connectivity index is 1.53. The van der Waals surface area contributed by atoms with E-state index >= 15 is 0 Å². The Bertz CT molecular complexity index is 1100. The van der Waals surface area contributed by atoms with E-state index in [4.69, 9.17) is 10.6 Å². The van der Waals surface area contributed by atoms with Crippen LogP contribution in [0.2, 0.25) is 0 Å². The van der Waals surface area contributed by atoms with Gasteiger partial charge in [0.05, 0.1) is 43.7 Å². The number of nitrogens with two attached hydrogens (primary N) is 1. The predicted molar refractivity (Wildman–Crippen MR) is 126 cm³/mol. The Labute approximate surface area is 197 Å². The molecule has 0 spiro atoms. The first kappa shape index (κ1) is 24.9. The summed E-state index contributed by atoms with van der Waals surface area (Å²) in [6, 6.07) is 11.6. The van der Waals surface area contributed by atoms with E-state index in [1.165, 1.54) is 36.0 Å². The summed E-state index contributed by atoms with van der Waals surface area (Å²) in [4.78, 5) is 29.2. The van der Waals surface area contributed by atoms with Crippen molar-refractivity contribution in [2.24, 2.45) is 10.8 Å². The number of quaternary nitrogens is 1. The van der Waals surface area contributed by atoms with Gasteiger partial charge in [-0.3, -0.25) is 14.6 Å². The van der Waals surface area contributed by atoms with Crippen LogP contribution in [0, 0.1) is 5.82 Å². The molecule has 0 fully saturated rings. The number of nitrogens with one attached hydrogen (secondary N) is 2. The van der Waals surface area contributed by atoms with Gasteiger partial charge in [0, 0.05) is 6.54 Å². The topological polar surface area (TPSA) is 137 Å². The minimum absolute atomic E-state index is 0.126. The largest absolute Gasteiger partial charge is 0.497 e. The molecular weight excluding hydrogens is 439 g/mol. The SMILES string of the molecule is CCc1ccc(C(NC(=O)/C([NH3+])=C/N(N)CCNC(=O)c2cc(OC)ccc2F)C2=NC2)cc1. The van der Waals surface area contributed by atoms with Crippen molar-refractivity contribution in [2.75, 3.05) is 26.7 Å². The minimum atomic E-state index is -0.654. The van der Waals surface area contributed by atoms with Crippen molar-refractivity contribution in [2.45, 2.75) is 19.4 Å². The van der Waals surface area contributed by atoms with Gasteiger partial charge in [-0.1, -0.05) is 31.2 Å². The molecule has 2 aromatic rings. The average Bonchev–Trinajstić information content (AvgIpc) is 3.68. The summed E-state index contributed by atoms with van der Waals surface area (Å²) in [5.41, 5.74) is 6.89. The van der Waals surface area contributed by atoms with Gasteiger partial charge in [0.15, 0.2) is 0 Å². The molecule has 1 heterocycles. The lowest BCUT2D eigenvalue weighted by molar-refractivity contribution is -0.300. The van der Waals surface area contributed by atoms with Crippen molar-refractivity contribution in [3.8, 4) is 5.75 Å². The van der Waals surface area contributed by atoms with Crippen LogP contribution in [0.4, 0.5) is 4.39 Å². The van der Waals surface area contributed by atoms with Gasteiger partial charge in [-0.05, 0) is 35.7 Å². The van der Waals surface area contributed by atoms with Crippen LogP contribution in [0.3, 0.4) is 0 Å². The second kappa shape index (κ2) is 11.4. The number of hydrogen-bond donors (Lipinski definition) is 4. The molecule has 1 atom stereocenters. The van der Waals surface area contributed by atoms with Crippen molar-refractivity contribution >= 4 is 17.5 Å². The smallest absolute Gasteiger partial charge is 0.307 e. The summed E-state index contributed by atoms with van der Waals surface area (Å²) in [5.74, 6) is 4.68. The van der Waals surface area contributed by atoms with Crippen LogP contribution in [0.1, 0.15) is 34.5 Å². The van der Waals surface area contributed by atoms with E-state index in [2.05, 4.69) is 28.3 Å². The van der Waals surface area contributed by atoms with E-state index in [1.807, 2.05) is 24.3 Å². The van der Waals surface area contributed by atoms with Gasteiger partial charge < -0.3 is 26.1 Å². The molecule has 3 rings (SSSR count). The van der Waals surface area contributed by atoms with E-state index in [0.29, 0.717) is 12.3 Å². The maximum Gasteiger partial charge on any atom is 0.307 e. The molecule has 0 radical (unpaired) electrons. The highest BCUT2D eigenvalue weighted by molar-refractivity contribution is 6.04. The van der Waals surface area contributed by atoms with Gasteiger partial charge >= 0.3 is 5.91 Å². The first-order valence-corrected chi connectivity index (χ1v) is 10.9. The van der Waals surface area contributed by atoms with Crippen molar-refractivity contribution in [3.63, 3.8) is 0 Å². The summed E-state index contributed by atoms with van der Waals surface area (Å²) in [7, 11) is 1.43. The Kier molecular flexibility index (Phi) is 8.34. The molecule has 1 aliphatic rings. The number of nitrogens with zero attached hydrogens (tertiary/aromatic N) is 2. The monoisotopic (exact) mass is 469 g/mol. The third kappa shape index (κ3) is 6.63. The second-order valence-corrected chi connectivity index (χ2v) is 7.80. The fourth-order valence-electron chi connectivity index (χ4n) is 3.28. The molecule has 7 N–H and O–H groups in total. The van der Waals surface area contributed by atoms with Gasteiger partial charge in [0.2, 0.25) is 5.70 Å². The Hall–Kier alpha value is -3.76. The summed E-state index contributed by atoms with van der Waals surface area (Å²) < 4.78 is 18.9.